The molecular formula is C22H21F2N3O2. The number of rotatable bonds is 5. The molecule has 1 aromatic heterocycles. The number of hydrogen-bond acceptors (Lipinski definition) is 2. The molecule has 5 nitrogen and oxygen atoms in total. The molecule has 2 amide bonds. The fourth-order valence-electron chi connectivity index (χ4n) is 3.15. The lowest BCUT2D eigenvalue weighted by Crippen LogP contribution is -2.41. The summed E-state index contributed by atoms with van der Waals surface area (Å²) in [4.78, 5) is 24.5. The summed E-state index contributed by atoms with van der Waals surface area (Å²) in [5.74, 6) is -1.46. The third kappa shape index (κ3) is 4.87. The molecule has 3 rings (SSSR count). The number of aromatic nitrogens is 1. The van der Waals surface area contributed by atoms with E-state index in [4.69, 9.17) is 0 Å². The van der Waals surface area contributed by atoms with Gasteiger partial charge in [0.05, 0.1) is 5.56 Å². The third-order valence-corrected chi connectivity index (χ3v) is 4.63. The fourth-order valence-corrected chi connectivity index (χ4v) is 3.15. The van der Waals surface area contributed by atoms with E-state index in [-0.39, 0.29) is 24.0 Å². The maximum atomic E-state index is 13.2. The van der Waals surface area contributed by atoms with Crippen molar-refractivity contribution in [3.63, 3.8) is 0 Å². The van der Waals surface area contributed by atoms with Crippen LogP contribution in [0.25, 0.3) is 5.69 Å². The van der Waals surface area contributed by atoms with E-state index >= 15 is 0 Å². The van der Waals surface area contributed by atoms with Crippen molar-refractivity contribution in [1.29, 1.82) is 0 Å². The highest BCUT2D eigenvalue weighted by atomic mass is 19.1. The molecule has 0 aliphatic heterocycles. The number of benzene rings is 2. The molecule has 1 heterocycles. The minimum absolute atomic E-state index is 0.153. The Morgan fingerprint density at radius 1 is 0.897 bits per heavy atom. The minimum Gasteiger partial charge on any atom is -0.318 e. The van der Waals surface area contributed by atoms with Gasteiger partial charge in [-0.15, -0.1) is 0 Å². The number of nitrogens with zero attached hydrogens (tertiary/aromatic N) is 1. The Kier molecular flexibility index (Phi) is 6.07. The van der Waals surface area contributed by atoms with Crippen LogP contribution in [0.5, 0.6) is 0 Å². The van der Waals surface area contributed by atoms with Crippen molar-refractivity contribution in [2.24, 2.45) is 0 Å². The van der Waals surface area contributed by atoms with E-state index in [0.717, 1.165) is 16.9 Å². The zero-order chi connectivity index (χ0) is 21.0. The van der Waals surface area contributed by atoms with Crippen LogP contribution in [0.15, 0.2) is 54.6 Å². The molecule has 3 aromatic rings. The Labute approximate surface area is 167 Å². The Morgan fingerprint density at radius 2 is 1.48 bits per heavy atom. The maximum absolute atomic E-state index is 13.2. The van der Waals surface area contributed by atoms with Crippen molar-refractivity contribution in [2.45, 2.75) is 26.7 Å². The molecular weight excluding hydrogens is 376 g/mol. The average molecular weight is 397 g/mol. The van der Waals surface area contributed by atoms with Crippen molar-refractivity contribution in [2.75, 3.05) is 0 Å². The molecule has 0 aliphatic carbocycles. The predicted octanol–water partition coefficient (Wildman–Crippen LogP) is 3.77. The fraction of sp³-hybridized carbons (Fsp3) is 0.182. The predicted molar refractivity (Wildman–Crippen MR) is 106 cm³/mol. The molecule has 0 saturated carbocycles. The Bertz CT molecular complexity index is 1030. The molecule has 0 spiro atoms. The van der Waals surface area contributed by atoms with Gasteiger partial charge >= 0.3 is 0 Å². The smallest absolute Gasteiger partial charge is 0.271 e. The molecule has 0 saturated heterocycles. The second-order valence-corrected chi connectivity index (χ2v) is 6.73. The second kappa shape index (κ2) is 8.68. The van der Waals surface area contributed by atoms with Gasteiger partial charge in [-0.2, -0.15) is 0 Å². The number of carbonyl (C=O) groups excluding carboxylic acids is 2. The Hall–Kier alpha value is -3.48. The molecule has 0 bridgehead atoms. The number of halogens is 2. The molecule has 2 aromatic carbocycles. The van der Waals surface area contributed by atoms with E-state index in [1.54, 1.807) is 37.3 Å². The van der Waals surface area contributed by atoms with Crippen LogP contribution in [-0.2, 0) is 11.2 Å². The van der Waals surface area contributed by atoms with Crippen LogP contribution >= 0.6 is 0 Å². The van der Waals surface area contributed by atoms with Gasteiger partial charge in [-0.25, -0.2) is 8.78 Å². The van der Waals surface area contributed by atoms with E-state index in [9.17, 15) is 18.4 Å². The summed E-state index contributed by atoms with van der Waals surface area (Å²) < 4.78 is 27.9. The number of hydrazine groups is 1. The monoisotopic (exact) mass is 397 g/mol. The average Bonchev–Trinajstić information content (AvgIpc) is 3.00. The van der Waals surface area contributed by atoms with Crippen molar-refractivity contribution in [1.82, 2.24) is 15.4 Å². The van der Waals surface area contributed by atoms with Crippen LogP contribution in [0.4, 0.5) is 8.78 Å². The molecule has 0 fully saturated rings. The first-order valence-corrected chi connectivity index (χ1v) is 9.13. The zero-order valence-electron chi connectivity index (χ0n) is 16.1. The van der Waals surface area contributed by atoms with Gasteiger partial charge in [0.25, 0.3) is 5.91 Å². The molecule has 0 aliphatic rings. The van der Waals surface area contributed by atoms with Crippen molar-refractivity contribution in [3.05, 3.63) is 88.7 Å². The normalized spacial score (nSPS) is 10.6. The van der Waals surface area contributed by atoms with Gasteiger partial charge in [0.2, 0.25) is 5.91 Å². The third-order valence-electron chi connectivity index (χ3n) is 4.63. The second-order valence-electron chi connectivity index (χ2n) is 6.73. The van der Waals surface area contributed by atoms with Gasteiger partial charge in [-0.3, -0.25) is 20.4 Å². The molecule has 0 radical (unpaired) electrons. The highest BCUT2D eigenvalue weighted by molar-refractivity contribution is 5.97. The van der Waals surface area contributed by atoms with Crippen molar-refractivity contribution in [3.8, 4) is 5.69 Å². The molecule has 7 heteroatoms. The van der Waals surface area contributed by atoms with Crippen LogP contribution < -0.4 is 10.9 Å². The number of hydrogen-bond donors (Lipinski definition) is 2. The minimum atomic E-state index is -0.443. The number of nitrogens with one attached hydrogen (secondary N) is 2. The number of amides is 2. The lowest BCUT2D eigenvalue weighted by molar-refractivity contribution is -0.121. The lowest BCUT2D eigenvalue weighted by Gasteiger charge is -2.10. The van der Waals surface area contributed by atoms with Crippen molar-refractivity contribution >= 4 is 11.8 Å². The SMILES string of the molecule is Cc1cc(C(=O)NNC(=O)CCc2ccc(F)cc2)c(C)n1-c1ccc(F)cc1. The van der Waals surface area contributed by atoms with Crippen LogP contribution in [0, 0.1) is 25.5 Å². The molecule has 29 heavy (non-hydrogen) atoms. The summed E-state index contributed by atoms with van der Waals surface area (Å²) >= 11 is 0. The standard InChI is InChI=1S/C22H21F2N3O2/c1-14-13-20(15(2)27(14)19-10-8-18(24)9-11-19)22(29)26-25-21(28)12-5-16-3-6-17(23)7-4-16/h3-4,6-11,13H,5,12H2,1-2H3,(H,25,28)(H,26,29). The topological polar surface area (TPSA) is 63.1 Å². The van der Waals surface area contributed by atoms with Gasteiger partial charge in [0.1, 0.15) is 11.6 Å². The van der Waals surface area contributed by atoms with Gasteiger partial charge in [0.15, 0.2) is 0 Å². The summed E-state index contributed by atoms with van der Waals surface area (Å²) in [5, 5.41) is 0. The highest BCUT2D eigenvalue weighted by Gasteiger charge is 2.17. The summed E-state index contributed by atoms with van der Waals surface area (Å²) in [6.45, 7) is 3.62. The number of carbonyl (C=O) groups is 2. The number of aryl methyl sites for hydroxylation is 2. The lowest BCUT2D eigenvalue weighted by atomic mass is 10.1. The maximum Gasteiger partial charge on any atom is 0.271 e. The quantitative estimate of drug-likeness (QED) is 0.644. The van der Waals surface area contributed by atoms with Crippen LogP contribution in [0.1, 0.15) is 33.7 Å². The van der Waals surface area contributed by atoms with Crippen LogP contribution in [0.3, 0.4) is 0 Å². The Balaban J connectivity index is 1.60. The molecule has 0 atom stereocenters. The first-order valence-electron chi connectivity index (χ1n) is 9.13. The van der Waals surface area contributed by atoms with E-state index in [1.807, 2.05) is 11.5 Å². The Morgan fingerprint density at radius 3 is 2.10 bits per heavy atom. The van der Waals surface area contributed by atoms with Crippen LogP contribution in [-0.4, -0.2) is 16.4 Å². The van der Waals surface area contributed by atoms with E-state index < -0.39 is 5.91 Å². The summed E-state index contributed by atoms with van der Waals surface area (Å²) in [6.07, 6.45) is 0.585. The molecule has 0 unspecified atom stereocenters. The summed E-state index contributed by atoms with van der Waals surface area (Å²) in [5.41, 5.74) is 8.27. The first-order chi connectivity index (χ1) is 13.8. The van der Waals surface area contributed by atoms with Gasteiger partial charge in [0, 0.05) is 23.5 Å². The first kappa shape index (κ1) is 20.3. The molecule has 2 N–H and O–H groups in total. The summed E-state index contributed by atoms with van der Waals surface area (Å²) in [7, 11) is 0. The highest BCUT2D eigenvalue weighted by Crippen LogP contribution is 2.21. The van der Waals surface area contributed by atoms with E-state index in [0.29, 0.717) is 17.7 Å². The van der Waals surface area contributed by atoms with E-state index in [1.165, 1.54) is 24.3 Å². The summed E-state index contributed by atoms with van der Waals surface area (Å²) in [6, 6.07) is 13.6. The van der Waals surface area contributed by atoms with Crippen LogP contribution in [0.2, 0.25) is 0 Å². The van der Waals surface area contributed by atoms with E-state index in [2.05, 4.69) is 10.9 Å². The molecule has 150 valence electrons. The van der Waals surface area contributed by atoms with Crippen molar-refractivity contribution < 1.29 is 18.4 Å². The largest absolute Gasteiger partial charge is 0.318 e. The van der Waals surface area contributed by atoms with Gasteiger partial charge in [-0.05, 0) is 68.3 Å². The van der Waals surface area contributed by atoms with Gasteiger partial charge in [-0.1, -0.05) is 12.1 Å². The zero-order valence-corrected chi connectivity index (χ0v) is 16.1. The van der Waals surface area contributed by atoms with Gasteiger partial charge < -0.3 is 4.57 Å².